The van der Waals surface area contributed by atoms with E-state index in [4.69, 9.17) is 0 Å². The van der Waals surface area contributed by atoms with Gasteiger partial charge in [-0.05, 0) is 36.6 Å². The van der Waals surface area contributed by atoms with Gasteiger partial charge in [0.25, 0.3) is 0 Å². The number of nitrogens with zero attached hydrogens (tertiary/aromatic N) is 4. The van der Waals surface area contributed by atoms with Crippen molar-refractivity contribution in [2.75, 3.05) is 39.3 Å². The van der Waals surface area contributed by atoms with E-state index in [1.807, 2.05) is 36.4 Å². The molecular formula is C26H28N4O4S. The van der Waals surface area contributed by atoms with Crippen molar-refractivity contribution in [2.45, 2.75) is 17.7 Å². The Morgan fingerprint density at radius 2 is 1.49 bits per heavy atom. The van der Waals surface area contributed by atoms with Gasteiger partial charge in [-0.2, -0.15) is 9.57 Å². The Kier molecular flexibility index (Phi) is 7.63. The summed E-state index contributed by atoms with van der Waals surface area (Å²) in [7, 11) is -3.80. The lowest BCUT2D eigenvalue weighted by Gasteiger charge is -2.38. The molecule has 0 unspecified atom stereocenters. The molecule has 0 atom stereocenters. The van der Waals surface area contributed by atoms with Crippen molar-refractivity contribution in [3.05, 3.63) is 71.8 Å². The summed E-state index contributed by atoms with van der Waals surface area (Å²) in [6.07, 6.45) is 4.55. The van der Waals surface area contributed by atoms with E-state index < -0.39 is 10.0 Å². The zero-order chi connectivity index (χ0) is 24.8. The maximum absolute atomic E-state index is 13.1. The number of rotatable bonds is 5. The van der Waals surface area contributed by atoms with Gasteiger partial charge >= 0.3 is 0 Å². The Hall–Kier alpha value is -3.48. The second kappa shape index (κ2) is 10.8. The summed E-state index contributed by atoms with van der Waals surface area (Å²) < 4.78 is 27.4. The van der Waals surface area contributed by atoms with Gasteiger partial charge in [-0.15, -0.1) is 0 Å². The van der Waals surface area contributed by atoms with Crippen LogP contribution in [0.15, 0.2) is 65.6 Å². The first kappa shape index (κ1) is 24.6. The molecule has 0 radical (unpaired) electrons. The highest BCUT2D eigenvalue weighted by atomic mass is 32.2. The van der Waals surface area contributed by atoms with Crippen LogP contribution in [0.25, 0.3) is 6.08 Å². The summed E-state index contributed by atoms with van der Waals surface area (Å²) in [5, 5.41) is 9.26. The summed E-state index contributed by atoms with van der Waals surface area (Å²) in [5.41, 5.74) is 1.08. The molecule has 0 N–H and O–H groups in total. The number of amides is 2. The molecule has 4 rings (SSSR count). The van der Waals surface area contributed by atoms with Gasteiger partial charge in [0.2, 0.25) is 21.8 Å². The first-order valence-electron chi connectivity index (χ1n) is 11.7. The van der Waals surface area contributed by atoms with Crippen molar-refractivity contribution in [3.8, 4) is 6.07 Å². The molecule has 2 saturated heterocycles. The number of benzene rings is 2. The highest BCUT2D eigenvalue weighted by molar-refractivity contribution is 7.89. The molecule has 2 aromatic rings. The lowest BCUT2D eigenvalue weighted by molar-refractivity contribution is -0.140. The monoisotopic (exact) mass is 492 g/mol. The van der Waals surface area contributed by atoms with Gasteiger partial charge in [0.15, 0.2) is 0 Å². The SMILES string of the molecule is N#Cc1ccccc1S(=O)(=O)N1CCN(C(=O)C2CCN(C(=O)/C=C/c3ccccc3)CC2)CC1. The molecule has 0 aromatic heterocycles. The molecule has 2 heterocycles. The molecule has 2 aromatic carbocycles. The smallest absolute Gasteiger partial charge is 0.246 e. The molecule has 9 heteroatoms. The van der Waals surface area contributed by atoms with Crippen LogP contribution in [0, 0.1) is 17.2 Å². The van der Waals surface area contributed by atoms with Crippen LogP contribution in [-0.2, 0) is 19.6 Å². The lowest BCUT2D eigenvalue weighted by Crippen LogP contribution is -2.53. The minimum absolute atomic E-state index is 0.000583. The number of piperazine rings is 1. The zero-order valence-corrected chi connectivity index (χ0v) is 20.2. The van der Waals surface area contributed by atoms with Gasteiger partial charge < -0.3 is 9.80 Å². The predicted octanol–water partition coefficient (Wildman–Crippen LogP) is 2.34. The molecule has 2 amide bonds. The van der Waals surface area contributed by atoms with Crippen LogP contribution in [0.2, 0.25) is 0 Å². The van der Waals surface area contributed by atoms with Crippen molar-refractivity contribution in [1.29, 1.82) is 5.26 Å². The molecule has 0 saturated carbocycles. The third-order valence-electron chi connectivity index (χ3n) is 6.55. The van der Waals surface area contributed by atoms with Crippen molar-refractivity contribution >= 4 is 27.9 Å². The number of carbonyl (C=O) groups excluding carboxylic acids is 2. The van der Waals surface area contributed by atoms with E-state index in [0.717, 1.165) is 5.56 Å². The van der Waals surface area contributed by atoms with Gasteiger partial charge in [-0.3, -0.25) is 9.59 Å². The van der Waals surface area contributed by atoms with Crippen molar-refractivity contribution < 1.29 is 18.0 Å². The predicted molar refractivity (Wildman–Crippen MR) is 131 cm³/mol. The fourth-order valence-corrected chi connectivity index (χ4v) is 6.08. The van der Waals surface area contributed by atoms with E-state index in [1.165, 1.54) is 16.4 Å². The molecule has 0 bridgehead atoms. The van der Waals surface area contributed by atoms with Gasteiger partial charge in [0.05, 0.1) is 10.5 Å². The Labute approximate surface area is 206 Å². The second-order valence-electron chi connectivity index (χ2n) is 8.68. The first-order chi connectivity index (χ1) is 16.9. The minimum atomic E-state index is -3.80. The maximum atomic E-state index is 13.1. The van der Waals surface area contributed by atoms with Crippen molar-refractivity contribution in [3.63, 3.8) is 0 Å². The van der Waals surface area contributed by atoms with Gasteiger partial charge in [-0.1, -0.05) is 42.5 Å². The van der Waals surface area contributed by atoms with Crippen LogP contribution >= 0.6 is 0 Å². The van der Waals surface area contributed by atoms with Crippen LogP contribution < -0.4 is 0 Å². The quantitative estimate of drug-likeness (QED) is 0.597. The van der Waals surface area contributed by atoms with Crippen LogP contribution in [0.5, 0.6) is 0 Å². The average Bonchev–Trinajstić information content (AvgIpc) is 2.92. The van der Waals surface area contributed by atoms with Gasteiger partial charge in [0, 0.05) is 51.3 Å². The fourth-order valence-electron chi connectivity index (χ4n) is 4.51. The zero-order valence-electron chi connectivity index (χ0n) is 19.4. The minimum Gasteiger partial charge on any atom is -0.340 e. The van der Waals surface area contributed by atoms with E-state index in [1.54, 1.807) is 34.1 Å². The van der Waals surface area contributed by atoms with Crippen molar-refractivity contribution in [2.24, 2.45) is 5.92 Å². The molecule has 0 aliphatic carbocycles. The molecule has 2 fully saturated rings. The maximum Gasteiger partial charge on any atom is 0.246 e. The van der Waals surface area contributed by atoms with Gasteiger partial charge in [-0.25, -0.2) is 8.42 Å². The lowest BCUT2D eigenvalue weighted by atomic mass is 9.95. The molecule has 2 aliphatic rings. The molecule has 8 nitrogen and oxygen atoms in total. The molecule has 2 aliphatic heterocycles. The van der Waals surface area contributed by atoms with Crippen molar-refractivity contribution in [1.82, 2.24) is 14.1 Å². The highest BCUT2D eigenvalue weighted by Gasteiger charge is 2.35. The van der Waals surface area contributed by atoms with Crippen LogP contribution in [-0.4, -0.2) is 73.6 Å². The van der Waals surface area contributed by atoms with Gasteiger partial charge in [0.1, 0.15) is 6.07 Å². The van der Waals surface area contributed by atoms with E-state index in [-0.39, 0.29) is 41.3 Å². The summed E-state index contributed by atoms with van der Waals surface area (Å²) >= 11 is 0. The number of carbonyl (C=O) groups is 2. The number of hydrogen-bond donors (Lipinski definition) is 0. The average molecular weight is 493 g/mol. The highest BCUT2D eigenvalue weighted by Crippen LogP contribution is 2.24. The number of sulfonamides is 1. The second-order valence-corrected chi connectivity index (χ2v) is 10.6. The molecule has 35 heavy (non-hydrogen) atoms. The van der Waals surface area contributed by atoms with Crippen LogP contribution in [0.1, 0.15) is 24.0 Å². The number of nitriles is 1. The largest absolute Gasteiger partial charge is 0.340 e. The standard InChI is InChI=1S/C26H28N4O4S/c27-20-23-8-4-5-9-24(23)35(33,34)30-18-16-29(17-19-30)26(32)22-12-14-28(15-13-22)25(31)11-10-21-6-2-1-3-7-21/h1-11,22H,12-19H2/b11-10+. The number of hydrogen-bond acceptors (Lipinski definition) is 5. The topological polar surface area (TPSA) is 102 Å². The molecular weight excluding hydrogens is 464 g/mol. The van der Waals surface area contributed by atoms with Crippen LogP contribution in [0.3, 0.4) is 0 Å². The summed E-state index contributed by atoms with van der Waals surface area (Å²) in [6.45, 7) is 2.05. The van der Waals surface area contributed by atoms with E-state index in [0.29, 0.717) is 39.0 Å². The summed E-state index contributed by atoms with van der Waals surface area (Å²) in [4.78, 5) is 29.1. The first-order valence-corrected chi connectivity index (χ1v) is 13.1. The Morgan fingerprint density at radius 1 is 0.857 bits per heavy atom. The normalized spacial score (nSPS) is 17.9. The summed E-state index contributed by atoms with van der Waals surface area (Å²) in [6, 6.07) is 17.7. The van der Waals surface area contributed by atoms with Crippen LogP contribution in [0.4, 0.5) is 0 Å². The Morgan fingerprint density at radius 3 is 2.14 bits per heavy atom. The number of piperidine rings is 1. The third kappa shape index (κ3) is 5.61. The third-order valence-corrected chi connectivity index (χ3v) is 8.51. The fraction of sp³-hybridized carbons (Fsp3) is 0.346. The number of likely N-dealkylation sites (tertiary alicyclic amines) is 1. The van der Waals surface area contributed by atoms with E-state index in [2.05, 4.69) is 0 Å². The molecule has 182 valence electrons. The summed E-state index contributed by atoms with van der Waals surface area (Å²) in [5.74, 6) is -0.206. The Balaban J connectivity index is 1.28. The Bertz CT molecular complexity index is 1240. The molecule has 0 spiro atoms. The van der Waals surface area contributed by atoms with E-state index in [9.17, 15) is 23.3 Å². The van der Waals surface area contributed by atoms with E-state index >= 15 is 0 Å².